The smallest absolute Gasteiger partial charge is 0.251 e. The molecule has 2 aromatic rings. The van der Waals surface area contributed by atoms with E-state index in [1.807, 2.05) is 0 Å². The van der Waals surface area contributed by atoms with Gasteiger partial charge < -0.3 is 10.1 Å². The van der Waals surface area contributed by atoms with E-state index >= 15 is 0 Å². The van der Waals surface area contributed by atoms with Crippen LogP contribution in [0, 0.1) is 5.82 Å². The third kappa shape index (κ3) is 5.54. The Bertz CT molecular complexity index is 824. The minimum absolute atomic E-state index is 0.105. The minimum Gasteiger partial charge on any atom is -0.489 e. The molecule has 8 heteroatoms. The minimum atomic E-state index is -3.41. The number of hydrogen-bond acceptors (Lipinski definition) is 4. The Morgan fingerprint density at radius 2 is 1.92 bits per heavy atom. The molecule has 2 rings (SSSR count). The normalized spacial score (nSPS) is 10.9. The first kappa shape index (κ1) is 17.7. The van der Waals surface area contributed by atoms with Crippen LogP contribution in [0.4, 0.5) is 10.1 Å². The maximum Gasteiger partial charge on any atom is 0.251 e. The number of amides is 1. The topological polar surface area (TPSA) is 84.5 Å². The summed E-state index contributed by atoms with van der Waals surface area (Å²) in [6.07, 6.45) is 1.03. The standard InChI is InChI=1S/C16H17FN2O4S/c1-24(21,22)19-13-6-4-5-12(11-13)16(20)18-9-10-23-15-8-3-2-7-14(15)17/h2-8,11,19H,9-10H2,1H3,(H,18,20). The van der Waals surface area contributed by atoms with Crippen LogP contribution in [0.5, 0.6) is 5.75 Å². The second kappa shape index (κ2) is 7.78. The molecule has 0 bridgehead atoms. The predicted octanol–water partition coefficient (Wildman–Crippen LogP) is 2.01. The van der Waals surface area contributed by atoms with E-state index < -0.39 is 15.8 Å². The first-order chi connectivity index (χ1) is 11.3. The summed E-state index contributed by atoms with van der Waals surface area (Å²) in [6.45, 7) is 0.283. The molecule has 128 valence electrons. The summed E-state index contributed by atoms with van der Waals surface area (Å²) in [4.78, 5) is 12.0. The van der Waals surface area contributed by atoms with Gasteiger partial charge in [-0.25, -0.2) is 12.8 Å². The van der Waals surface area contributed by atoms with Gasteiger partial charge in [-0.1, -0.05) is 18.2 Å². The number of hydrogen-bond donors (Lipinski definition) is 2. The molecule has 0 fully saturated rings. The maximum absolute atomic E-state index is 13.4. The zero-order valence-corrected chi connectivity index (χ0v) is 13.8. The number of benzene rings is 2. The molecule has 0 radical (unpaired) electrons. The Morgan fingerprint density at radius 3 is 2.62 bits per heavy atom. The van der Waals surface area contributed by atoms with Gasteiger partial charge in [0.25, 0.3) is 5.91 Å². The number of para-hydroxylation sites is 1. The van der Waals surface area contributed by atoms with E-state index in [1.165, 1.54) is 18.2 Å². The lowest BCUT2D eigenvalue weighted by Gasteiger charge is -2.09. The summed E-state index contributed by atoms with van der Waals surface area (Å²) in [6, 6.07) is 12.1. The fourth-order valence-corrected chi connectivity index (χ4v) is 2.48. The summed E-state index contributed by atoms with van der Waals surface area (Å²) in [5.41, 5.74) is 0.599. The summed E-state index contributed by atoms with van der Waals surface area (Å²) in [5.74, 6) is -0.737. The lowest BCUT2D eigenvalue weighted by molar-refractivity contribution is 0.0946. The lowest BCUT2D eigenvalue weighted by Crippen LogP contribution is -2.28. The molecule has 0 aromatic heterocycles. The van der Waals surface area contributed by atoms with Crippen molar-refractivity contribution in [1.82, 2.24) is 5.32 Å². The summed E-state index contributed by atoms with van der Waals surface area (Å²) < 4.78 is 43.3. The SMILES string of the molecule is CS(=O)(=O)Nc1cccc(C(=O)NCCOc2ccccc2F)c1. The fourth-order valence-electron chi connectivity index (χ4n) is 1.93. The van der Waals surface area contributed by atoms with Gasteiger partial charge in [-0.15, -0.1) is 0 Å². The molecule has 0 aliphatic carbocycles. The van der Waals surface area contributed by atoms with Gasteiger partial charge in [0, 0.05) is 11.3 Å². The van der Waals surface area contributed by atoms with E-state index in [-0.39, 0.29) is 24.8 Å². The number of sulfonamides is 1. The van der Waals surface area contributed by atoms with E-state index in [4.69, 9.17) is 4.74 Å². The van der Waals surface area contributed by atoms with Crippen molar-refractivity contribution in [3.8, 4) is 5.75 Å². The summed E-state index contributed by atoms with van der Waals surface area (Å²) in [7, 11) is -3.41. The van der Waals surface area contributed by atoms with Crippen molar-refractivity contribution in [3.63, 3.8) is 0 Å². The van der Waals surface area contributed by atoms with Crippen LogP contribution in [0.2, 0.25) is 0 Å². The lowest BCUT2D eigenvalue weighted by atomic mass is 10.2. The molecule has 0 aliphatic rings. The quantitative estimate of drug-likeness (QED) is 0.747. The molecule has 0 heterocycles. The van der Waals surface area contributed by atoms with Crippen molar-refractivity contribution >= 4 is 21.6 Å². The zero-order chi connectivity index (χ0) is 17.6. The number of carbonyl (C=O) groups is 1. The maximum atomic E-state index is 13.4. The molecule has 0 spiro atoms. The number of carbonyl (C=O) groups excluding carboxylic acids is 1. The molecule has 1 amide bonds. The number of rotatable bonds is 7. The highest BCUT2D eigenvalue weighted by Gasteiger charge is 2.08. The van der Waals surface area contributed by atoms with Gasteiger partial charge in [0.1, 0.15) is 6.61 Å². The Kier molecular flexibility index (Phi) is 5.75. The number of anilines is 1. The van der Waals surface area contributed by atoms with Crippen molar-refractivity contribution in [3.05, 3.63) is 59.9 Å². The Labute approximate surface area is 139 Å². The van der Waals surface area contributed by atoms with Crippen LogP contribution in [0.3, 0.4) is 0 Å². The number of halogens is 1. The molecular weight excluding hydrogens is 335 g/mol. The number of nitrogens with one attached hydrogen (secondary N) is 2. The monoisotopic (exact) mass is 352 g/mol. The van der Waals surface area contributed by atoms with Crippen molar-refractivity contribution in [2.75, 3.05) is 24.1 Å². The highest BCUT2D eigenvalue weighted by Crippen LogP contribution is 2.15. The highest BCUT2D eigenvalue weighted by atomic mass is 32.2. The van der Waals surface area contributed by atoms with Crippen molar-refractivity contribution in [2.24, 2.45) is 0 Å². The Morgan fingerprint density at radius 1 is 1.17 bits per heavy atom. The molecule has 2 N–H and O–H groups in total. The van der Waals surface area contributed by atoms with Crippen molar-refractivity contribution < 1.29 is 22.3 Å². The average molecular weight is 352 g/mol. The zero-order valence-electron chi connectivity index (χ0n) is 13.0. The van der Waals surface area contributed by atoms with Crippen molar-refractivity contribution in [1.29, 1.82) is 0 Å². The van der Waals surface area contributed by atoms with Crippen LogP contribution in [0.1, 0.15) is 10.4 Å². The van der Waals surface area contributed by atoms with E-state index in [1.54, 1.807) is 30.3 Å². The third-order valence-corrected chi connectivity index (χ3v) is 3.52. The van der Waals surface area contributed by atoms with Crippen LogP contribution in [-0.2, 0) is 10.0 Å². The van der Waals surface area contributed by atoms with Crippen LogP contribution in [0.25, 0.3) is 0 Å². The molecule has 0 saturated heterocycles. The average Bonchev–Trinajstić information content (AvgIpc) is 2.51. The van der Waals surface area contributed by atoms with Gasteiger partial charge in [-0.3, -0.25) is 9.52 Å². The number of ether oxygens (including phenoxy) is 1. The van der Waals surface area contributed by atoms with Gasteiger partial charge in [0.15, 0.2) is 11.6 Å². The van der Waals surface area contributed by atoms with Crippen LogP contribution in [0.15, 0.2) is 48.5 Å². The molecule has 2 aromatic carbocycles. The largest absolute Gasteiger partial charge is 0.489 e. The highest BCUT2D eigenvalue weighted by molar-refractivity contribution is 7.92. The second-order valence-electron chi connectivity index (χ2n) is 4.99. The molecule has 0 aliphatic heterocycles. The van der Waals surface area contributed by atoms with Gasteiger partial charge in [0.05, 0.1) is 12.8 Å². The van der Waals surface area contributed by atoms with Gasteiger partial charge in [-0.2, -0.15) is 0 Å². The first-order valence-corrected chi connectivity index (χ1v) is 8.98. The van der Waals surface area contributed by atoms with Crippen LogP contribution >= 0.6 is 0 Å². The molecule has 0 atom stereocenters. The first-order valence-electron chi connectivity index (χ1n) is 7.08. The third-order valence-electron chi connectivity index (χ3n) is 2.91. The van der Waals surface area contributed by atoms with Crippen molar-refractivity contribution in [2.45, 2.75) is 0 Å². The Hall–Kier alpha value is -2.61. The second-order valence-corrected chi connectivity index (χ2v) is 6.74. The Balaban J connectivity index is 1.86. The fraction of sp³-hybridized carbons (Fsp3) is 0.188. The molecule has 0 unspecified atom stereocenters. The van der Waals surface area contributed by atoms with E-state index in [0.717, 1.165) is 6.26 Å². The van der Waals surface area contributed by atoms with E-state index in [2.05, 4.69) is 10.0 Å². The van der Waals surface area contributed by atoms with Crippen LogP contribution in [-0.4, -0.2) is 33.7 Å². The van der Waals surface area contributed by atoms with Gasteiger partial charge >= 0.3 is 0 Å². The molecular formula is C16H17FN2O4S. The van der Waals surface area contributed by atoms with Gasteiger partial charge in [0.2, 0.25) is 10.0 Å². The predicted molar refractivity (Wildman–Crippen MR) is 89.1 cm³/mol. The summed E-state index contributed by atoms with van der Waals surface area (Å²) in [5, 5.41) is 2.62. The molecule has 0 saturated carbocycles. The van der Waals surface area contributed by atoms with Crippen LogP contribution < -0.4 is 14.8 Å². The summed E-state index contributed by atoms with van der Waals surface area (Å²) >= 11 is 0. The molecule has 6 nitrogen and oxygen atoms in total. The molecule has 24 heavy (non-hydrogen) atoms. The van der Waals surface area contributed by atoms with E-state index in [9.17, 15) is 17.6 Å². The van der Waals surface area contributed by atoms with Gasteiger partial charge in [-0.05, 0) is 30.3 Å². The van der Waals surface area contributed by atoms with E-state index in [0.29, 0.717) is 11.3 Å².